The van der Waals surface area contributed by atoms with E-state index in [-0.39, 0.29) is 22.7 Å². The summed E-state index contributed by atoms with van der Waals surface area (Å²) >= 11 is 0. The number of para-hydroxylation sites is 2. The lowest BCUT2D eigenvalue weighted by atomic mass is 9.87. The Balaban J connectivity index is 1.53. The van der Waals surface area contributed by atoms with Crippen molar-refractivity contribution < 1.29 is 14.5 Å². The molecule has 0 aliphatic heterocycles. The highest BCUT2D eigenvalue weighted by Gasteiger charge is 2.20. The summed E-state index contributed by atoms with van der Waals surface area (Å²) in [7, 11) is 0. The molecule has 0 spiro atoms. The lowest BCUT2D eigenvalue weighted by Gasteiger charge is -2.19. The molecule has 37 heavy (non-hydrogen) atoms. The Hall–Kier alpha value is -4.86. The zero-order valence-corrected chi connectivity index (χ0v) is 20.9. The maximum absolute atomic E-state index is 13.0. The number of nitrogens with zero attached hydrogens (tertiary/aromatic N) is 4. The van der Waals surface area contributed by atoms with E-state index in [1.165, 1.54) is 22.9 Å². The molecule has 0 saturated carbocycles. The van der Waals surface area contributed by atoms with Gasteiger partial charge in [-0.05, 0) is 48.2 Å². The Morgan fingerprint density at radius 3 is 2.11 bits per heavy atom. The summed E-state index contributed by atoms with van der Waals surface area (Å²) in [4.78, 5) is 36.5. The van der Waals surface area contributed by atoms with Crippen LogP contribution in [0.2, 0.25) is 0 Å². The van der Waals surface area contributed by atoms with Crippen LogP contribution in [-0.2, 0) is 5.41 Å². The number of nitro benzene ring substituents is 1. The first kappa shape index (κ1) is 25.2. The third-order valence-electron chi connectivity index (χ3n) is 5.83. The highest BCUT2D eigenvalue weighted by atomic mass is 16.6. The highest BCUT2D eigenvalue weighted by molar-refractivity contribution is 6.09. The summed E-state index contributed by atoms with van der Waals surface area (Å²) < 4.78 is 1.36. The molecule has 1 heterocycles. The van der Waals surface area contributed by atoms with E-state index < -0.39 is 10.8 Å². The van der Waals surface area contributed by atoms with Gasteiger partial charge in [0.15, 0.2) is 5.69 Å². The predicted molar refractivity (Wildman–Crippen MR) is 140 cm³/mol. The molecule has 4 rings (SSSR count). The van der Waals surface area contributed by atoms with Gasteiger partial charge in [-0.3, -0.25) is 19.7 Å². The second kappa shape index (κ2) is 10.0. The van der Waals surface area contributed by atoms with Crippen LogP contribution >= 0.6 is 0 Å². The van der Waals surface area contributed by atoms with Gasteiger partial charge < -0.3 is 10.6 Å². The van der Waals surface area contributed by atoms with Crippen LogP contribution in [0.15, 0.2) is 72.8 Å². The Kier molecular flexibility index (Phi) is 6.83. The van der Waals surface area contributed by atoms with Gasteiger partial charge in [-0.25, -0.2) is 4.68 Å². The second-order valence-electron chi connectivity index (χ2n) is 9.49. The average Bonchev–Trinajstić information content (AvgIpc) is 3.26. The van der Waals surface area contributed by atoms with Crippen LogP contribution < -0.4 is 10.6 Å². The molecular formula is C27H26N6O4. The molecule has 10 heteroatoms. The summed E-state index contributed by atoms with van der Waals surface area (Å²) in [5, 5.41) is 24.7. The predicted octanol–water partition coefficient (Wildman–Crippen LogP) is 5.29. The van der Waals surface area contributed by atoms with Crippen molar-refractivity contribution in [2.45, 2.75) is 33.1 Å². The molecule has 1 aromatic heterocycles. The minimum Gasteiger partial charge on any atom is -0.320 e. The summed E-state index contributed by atoms with van der Waals surface area (Å²) in [6.45, 7) is 7.95. The van der Waals surface area contributed by atoms with Crippen molar-refractivity contribution in [3.05, 3.63) is 105 Å². The van der Waals surface area contributed by atoms with Gasteiger partial charge in [-0.15, -0.1) is 5.10 Å². The smallest absolute Gasteiger partial charge is 0.278 e. The molecule has 4 aromatic rings. The number of rotatable bonds is 6. The van der Waals surface area contributed by atoms with Crippen LogP contribution in [0.5, 0.6) is 0 Å². The maximum atomic E-state index is 13.0. The van der Waals surface area contributed by atoms with Crippen LogP contribution in [0.1, 0.15) is 52.9 Å². The summed E-state index contributed by atoms with van der Waals surface area (Å²) in [6, 6.07) is 20.1. The van der Waals surface area contributed by atoms with Crippen molar-refractivity contribution in [3.63, 3.8) is 0 Å². The molecule has 10 nitrogen and oxygen atoms in total. The zero-order valence-electron chi connectivity index (χ0n) is 20.9. The Morgan fingerprint density at radius 1 is 0.892 bits per heavy atom. The zero-order chi connectivity index (χ0) is 26.7. The molecular weight excluding hydrogens is 472 g/mol. The summed E-state index contributed by atoms with van der Waals surface area (Å²) in [6.07, 6.45) is 0. The van der Waals surface area contributed by atoms with E-state index in [1.54, 1.807) is 49.4 Å². The fraction of sp³-hybridized carbons (Fsp3) is 0.185. The molecule has 2 N–H and O–H groups in total. The minimum atomic E-state index is -0.537. The Bertz CT molecular complexity index is 1490. The molecule has 0 unspecified atom stereocenters. The first-order chi connectivity index (χ1) is 17.5. The third-order valence-corrected chi connectivity index (χ3v) is 5.83. The molecule has 0 fully saturated rings. The van der Waals surface area contributed by atoms with Crippen LogP contribution in [0.4, 0.5) is 17.1 Å². The van der Waals surface area contributed by atoms with E-state index in [4.69, 9.17) is 0 Å². The maximum Gasteiger partial charge on any atom is 0.278 e. The minimum absolute atomic E-state index is 0.0267. The van der Waals surface area contributed by atoms with Crippen LogP contribution in [0.3, 0.4) is 0 Å². The largest absolute Gasteiger partial charge is 0.320 e. The number of hydrogen-bond donors (Lipinski definition) is 2. The monoisotopic (exact) mass is 498 g/mol. The van der Waals surface area contributed by atoms with Crippen molar-refractivity contribution >= 4 is 28.9 Å². The molecule has 0 saturated heterocycles. The van der Waals surface area contributed by atoms with Crippen molar-refractivity contribution in [1.82, 2.24) is 15.0 Å². The summed E-state index contributed by atoms with van der Waals surface area (Å²) in [5.41, 5.74) is 3.14. The van der Waals surface area contributed by atoms with Crippen LogP contribution in [0.25, 0.3) is 5.69 Å². The lowest BCUT2D eigenvalue weighted by Crippen LogP contribution is -2.18. The molecule has 188 valence electrons. The number of anilines is 2. The van der Waals surface area contributed by atoms with Gasteiger partial charge in [-0.1, -0.05) is 56.3 Å². The van der Waals surface area contributed by atoms with E-state index in [2.05, 4.69) is 41.7 Å². The van der Waals surface area contributed by atoms with E-state index in [9.17, 15) is 19.7 Å². The average molecular weight is 499 g/mol. The molecule has 0 bridgehead atoms. The van der Waals surface area contributed by atoms with Gasteiger partial charge in [0.25, 0.3) is 17.5 Å². The van der Waals surface area contributed by atoms with Gasteiger partial charge in [0.1, 0.15) is 0 Å². The molecule has 0 aliphatic carbocycles. The number of nitro groups is 1. The van der Waals surface area contributed by atoms with E-state index >= 15 is 0 Å². The van der Waals surface area contributed by atoms with Gasteiger partial charge in [0.05, 0.1) is 27.7 Å². The number of benzene rings is 3. The SMILES string of the molecule is Cc1c(C(=O)Nc2ccccc2NC(=O)c2ccc(C(C)(C)C)cc2)nnn1-c1cccc([N+](=O)[O-])c1. The lowest BCUT2D eigenvalue weighted by molar-refractivity contribution is -0.384. The van der Waals surface area contributed by atoms with Crippen molar-refractivity contribution in [2.24, 2.45) is 0 Å². The van der Waals surface area contributed by atoms with Crippen molar-refractivity contribution in [1.29, 1.82) is 0 Å². The molecule has 0 radical (unpaired) electrons. The van der Waals surface area contributed by atoms with E-state index in [1.807, 2.05) is 12.1 Å². The number of carbonyl (C=O) groups is 2. The topological polar surface area (TPSA) is 132 Å². The molecule has 0 aliphatic rings. The van der Waals surface area contributed by atoms with Gasteiger partial charge in [-0.2, -0.15) is 0 Å². The first-order valence-corrected chi connectivity index (χ1v) is 11.5. The second-order valence-corrected chi connectivity index (χ2v) is 9.49. The highest BCUT2D eigenvalue weighted by Crippen LogP contribution is 2.25. The quantitative estimate of drug-likeness (QED) is 0.274. The fourth-order valence-corrected chi connectivity index (χ4v) is 3.72. The standard InChI is InChI=1S/C27H26N6O4/c1-17-24(30-31-32(17)20-8-7-9-21(16-20)33(36)37)26(35)29-23-11-6-5-10-22(23)28-25(34)18-12-14-19(15-13-18)27(2,3)4/h5-16H,1-4H3,(H,28,34)(H,29,35). The van der Waals surface area contributed by atoms with Gasteiger partial charge in [0, 0.05) is 17.7 Å². The normalized spacial score (nSPS) is 11.1. The van der Waals surface area contributed by atoms with Crippen molar-refractivity contribution in [3.8, 4) is 5.69 Å². The van der Waals surface area contributed by atoms with Crippen LogP contribution in [0, 0.1) is 17.0 Å². The number of carbonyl (C=O) groups excluding carboxylic acids is 2. The van der Waals surface area contributed by atoms with E-state index in [0.717, 1.165) is 5.56 Å². The van der Waals surface area contributed by atoms with Crippen LogP contribution in [-0.4, -0.2) is 31.7 Å². The Labute approximate surface area is 213 Å². The molecule has 0 atom stereocenters. The summed E-state index contributed by atoms with van der Waals surface area (Å²) in [5.74, 6) is -0.847. The number of non-ortho nitro benzene ring substituents is 1. The van der Waals surface area contributed by atoms with Crippen molar-refractivity contribution in [2.75, 3.05) is 10.6 Å². The van der Waals surface area contributed by atoms with E-state index in [0.29, 0.717) is 28.3 Å². The van der Waals surface area contributed by atoms with Gasteiger partial charge in [0.2, 0.25) is 0 Å². The molecule has 3 aromatic carbocycles. The number of aromatic nitrogens is 3. The molecule has 2 amide bonds. The third kappa shape index (κ3) is 5.53. The number of amides is 2. The Morgan fingerprint density at radius 2 is 1.51 bits per heavy atom. The fourth-order valence-electron chi connectivity index (χ4n) is 3.72. The number of nitrogens with one attached hydrogen (secondary N) is 2. The first-order valence-electron chi connectivity index (χ1n) is 11.5. The number of hydrogen-bond acceptors (Lipinski definition) is 6. The van der Waals surface area contributed by atoms with Gasteiger partial charge >= 0.3 is 0 Å².